The zero-order chi connectivity index (χ0) is 42.0. The number of halogens is 3. The van der Waals surface area contributed by atoms with Crippen LogP contribution in [0.3, 0.4) is 0 Å². The van der Waals surface area contributed by atoms with Crippen LogP contribution in [0, 0.1) is 11.8 Å². The van der Waals surface area contributed by atoms with E-state index in [0.717, 1.165) is 55.2 Å². The standard InChI is InChI=1S/C42H51F3N8O6/c1-23(31-6-4-20-52(31)38(54)34(28-16-17-28)49-40(56)58-2)47-30(22-46)26-12-8-24(9-13-26)25-10-14-27(15-11-25)33-36(42(43,44)45)51-37(48-33)32-7-5-21-53(32)39(55)35(29-18-19-29)50-41(57)59-3/h8-15,22-23,28-29,31-32,34-35,47H,4-7,16-21,46H2,1-3H3,(H,48,51)(H,49,56)(H,50,57)/b30-22-/t23?,31-,32-,34-,35-/m0/s1. The first-order chi connectivity index (χ1) is 28.3. The lowest BCUT2D eigenvalue weighted by molar-refractivity contribution is -0.140. The van der Waals surface area contributed by atoms with Gasteiger partial charge in [0.25, 0.3) is 0 Å². The fourth-order valence-electron chi connectivity index (χ4n) is 8.46. The third kappa shape index (κ3) is 9.13. The molecule has 1 aromatic heterocycles. The van der Waals surface area contributed by atoms with Crippen molar-refractivity contribution in [2.24, 2.45) is 17.6 Å². The maximum atomic E-state index is 14.5. The summed E-state index contributed by atoms with van der Waals surface area (Å²) in [6.07, 6.45) is 1.27. The van der Waals surface area contributed by atoms with Gasteiger partial charge in [-0.1, -0.05) is 48.5 Å². The number of alkyl halides is 3. The molecule has 0 spiro atoms. The summed E-state index contributed by atoms with van der Waals surface area (Å²) in [4.78, 5) is 61.5. The Balaban J connectivity index is 1.03. The van der Waals surface area contributed by atoms with Gasteiger partial charge in [0.15, 0.2) is 5.69 Å². The molecule has 4 fully saturated rings. The van der Waals surface area contributed by atoms with Crippen LogP contribution in [0.25, 0.3) is 28.1 Å². The van der Waals surface area contributed by atoms with Gasteiger partial charge in [-0.05, 0) is 86.8 Å². The number of rotatable bonds is 13. The van der Waals surface area contributed by atoms with Crippen molar-refractivity contribution in [2.45, 2.75) is 94.7 Å². The van der Waals surface area contributed by atoms with Crippen LogP contribution in [0.5, 0.6) is 0 Å². The van der Waals surface area contributed by atoms with Gasteiger partial charge in [0, 0.05) is 30.9 Å². The van der Waals surface area contributed by atoms with Crippen molar-refractivity contribution < 1.29 is 41.8 Å². The molecule has 5 atom stereocenters. The van der Waals surface area contributed by atoms with Crippen molar-refractivity contribution in [3.63, 3.8) is 0 Å². The fourth-order valence-corrected chi connectivity index (χ4v) is 8.46. The number of carbonyl (C=O) groups is 4. The SMILES string of the molecule is COC(=O)N[C@H](C(=O)N1CCC[C@H]1c1nc(C(F)(F)F)c(-c2ccc(-c3ccc(/C(=C/N)NC(C)[C@@H]4CCCN4C(=O)[C@@H](NC(=O)OC)C4CC4)cc3)cc2)[nH]1)C1CC1. The van der Waals surface area contributed by atoms with Crippen molar-refractivity contribution in [1.82, 2.24) is 35.7 Å². The Morgan fingerprint density at radius 1 is 0.780 bits per heavy atom. The monoisotopic (exact) mass is 820 g/mol. The number of aromatic amines is 1. The Hall–Kier alpha value is -5.74. The van der Waals surface area contributed by atoms with Crippen LogP contribution in [0.4, 0.5) is 22.8 Å². The largest absolute Gasteiger partial charge is 0.453 e. The van der Waals surface area contributed by atoms with E-state index in [9.17, 15) is 32.3 Å². The first-order valence-electron chi connectivity index (χ1n) is 20.2. The minimum atomic E-state index is -4.76. The van der Waals surface area contributed by atoms with Crippen LogP contribution in [0.1, 0.15) is 81.4 Å². The number of hydrogen-bond donors (Lipinski definition) is 5. The Bertz CT molecular complexity index is 2050. The second-order valence-electron chi connectivity index (χ2n) is 15.8. The molecular weight excluding hydrogens is 770 g/mol. The second kappa shape index (κ2) is 17.2. The molecule has 1 unspecified atom stereocenters. The number of carbonyl (C=O) groups excluding carboxylic acids is 4. The first kappa shape index (κ1) is 41.4. The second-order valence-corrected chi connectivity index (χ2v) is 15.8. The highest BCUT2D eigenvalue weighted by Crippen LogP contribution is 2.41. The van der Waals surface area contributed by atoms with E-state index in [1.54, 1.807) is 24.3 Å². The first-order valence-corrected chi connectivity index (χ1v) is 20.2. The van der Waals surface area contributed by atoms with E-state index in [4.69, 9.17) is 15.2 Å². The van der Waals surface area contributed by atoms with Gasteiger partial charge >= 0.3 is 18.4 Å². The average Bonchev–Trinajstić information content (AvgIpc) is 4.10. The van der Waals surface area contributed by atoms with E-state index < -0.39 is 42.2 Å². The molecule has 2 aromatic carbocycles. The number of nitrogens with zero attached hydrogens (tertiary/aromatic N) is 3. The van der Waals surface area contributed by atoms with Crippen molar-refractivity contribution in [3.05, 3.63) is 71.8 Å². The van der Waals surface area contributed by atoms with Gasteiger partial charge < -0.3 is 45.9 Å². The minimum Gasteiger partial charge on any atom is -0.453 e. The number of benzene rings is 2. The molecule has 4 amide bonds. The molecule has 2 saturated heterocycles. The molecule has 4 aliphatic rings. The summed E-state index contributed by atoms with van der Waals surface area (Å²) in [7, 11) is 2.49. The summed E-state index contributed by atoms with van der Waals surface area (Å²) in [6.45, 7) is 2.92. The van der Waals surface area contributed by atoms with Gasteiger partial charge in [-0.2, -0.15) is 13.2 Å². The van der Waals surface area contributed by atoms with Crippen molar-refractivity contribution in [2.75, 3.05) is 27.3 Å². The van der Waals surface area contributed by atoms with Gasteiger partial charge in [0.2, 0.25) is 11.8 Å². The van der Waals surface area contributed by atoms with Crippen molar-refractivity contribution >= 4 is 29.7 Å². The minimum absolute atomic E-state index is 0.0439. The van der Waals surface area contributed by atoms with Gasteiger partial charge in [-0.3, -0.25) is 9.59 Å². The van der Waals surface area contributed by atoms with E-state index in [1.807, 2.05) is 36.1 Å². The molecule has 2 aliphatic carbocycles. The average molecular weight is 821 g/mol. The van der Waals surface area contributed by atoms with Gasteiger partial charge in [-0.15, -0.1) is 0 Å². The number of nitrogens with one attached hydrogen (secondary N) is 4. The summed E-state index contributed by atoms with van der Waals surface area (Å²) in [5.74, 6) is -0.367. The van der Waals surface area contributed by atoms with Crippen LogP contribution >= 0.6 is 0 Å². The third-order valence-electron chi connectivity index (χ3n) is 11.9. The van der Waals surface area contributed by atoms with Crippen LogP contribution < -0.4 is 21.7 Å². The molecule has 59 heavy (non-hydrogen) atoms. The summed E-state index contributed by atoms with van der Waals surface area (Å²) in [5.41, 5.74) is 8.20. The van der Waals surface area contributed by atoms with Gasteiger partial charge in [0.05, 0.1) is 37.7 Å². The predicted molar refractivity (Wildman–Crippen MR) is 212 cm³/mol. The van der Waals surface area contributed by atoms with Crippen LogP contribution in [-0.4, -0.2) is 95.2 Å². The van der Waals surface area contributed by atoms with E-state index in [-0.39, 0.29) is 52.8 Å². The number of amides is 4. The van der Waals surface area contributed by atoms with E-state index >= 15 is 0 Å². The van der Waals surface area contributed by atoms with Crippen LogP contribution in [-0.2, 0) is 25.2 Å². The van der Waals surface area contributed by atoms with Gasteiger partial charge in [-0.25, -0.2) is 14.6 Å². The molecule has 0 bridgehead atoms. The number of imidazole rings is 1. The Labute approximate surface area is 340 Å². The molecule has 17 heteroatoms. The number of ether oxygens (including phenoxy) is 2. The quantitative estimate of drug-likeness (QED) is 0.140. The maximum Gasteiger partial charge on any atom is 0.435 e. The third-order valence-corrected chi connectivity index (χ3v) is 11.9. The number of alkyl carbamates (subject to hydrolysis) is 2. The Morgan fingerprint density at radius 3 is 1.81 bits per heavy atom. The van der Waals surface area contributed by atoms with E-state index in [0.29, 0.717) is 31.6 Å². The number of hydrogen-bond acceptors (Lipinski definition) is 9. The predicted octanol–water partition coefficient (Wildman–Crippen LogP) is 5.92. The molecule has 0 radical (unpaired) electrons. The van der Waals surface area contributed by atoms with Crippen molar-refractivity contribution in [1.29, 1.82) is 0 Å². The van der Waals surface area contributed by atoms with E-state index in [1.165, 1.54) is 25.3 Å². The van der Waals surface area contributed by atoms with Crippen LogP contribution in [0.2, 0.25) is 0 Å². The van der Waals surface area contributed by atoms with E-state index in [2.05, 4.69) is 25.9 Å². The smallest absolute Gasteiger partial charge is 0.435 e. The van der Waals surface area contributed by atoms with Crippen molar-refractivity contribution in [3.8, 4) is 22.4 Å². The van der Waals surface area contributed by atoms with Gasteiger partial charge in [0.1, 0.15) is 17.9 Å². The highest BCUT2D eigenvalue weighted by molar-refractivity contribution is 5.88. The maximum absolute atomic E-state index is 14.5. The lowest BCUT2D eigenvalue weighted by Gasteiger charge is -2.34. The summed E-state index contributed by atoms with van der Waals surface area (Å²) < 4.78 is 52.8. The number of methoxy groups -OCH3 is 2. The molecule has 316 valence electrons. The highest BCUT2D eigenvalue weighted by atomic mass is 19.4. The molecule has 6 N–H and O–H groups in total. The Morgan fingerprint density at radius 2 is 1.29 bits per heavy atom. The normalized spacial score (nSPS) is 21.1. The number of nitrogens with two attached hydrogens (primary N) is 1. The molecule has 3 heterocycles. The number of H-pyrrole nitrogens is 1. The summed E-state index contributed by atoms with van der Waals surface area (Å²) in [6, 6.07) is 11.9. The summed E-state index contributed by atoms with van der Waals surface area (Å²) >= 11 is 0. The molecule has 3 aromatic rings. The molecule has 7 rings (SSSR count). The number of likely N-dealkylation sites (tertiary alicyclic amines) is 2. The lowest BCUT2D eigenvalue weighted by atomic mass is 10.00. The fraction of sp³-hybridized carbons (Fsp3) is 0.500. The Kier molecular flexibility index (Phi) is 12.1. The molecule has 2 saturated carbocycles. The highest BCUT2D eigenvalue weighted by Gasteiger charge is 2.46. The van der Waals surface area contributed by atoms with Crippen LogP contribution in [0.15, 0.2) is 54.7 Å². The zero-order valence-corrected chi connectivity index (χ0v) is 33.3. The topological polar surface area (TPSA) is 184 Å². The number of aromatic nitrogens is 2. The lowest BCUT2D eigenvalue weighted by Crippen LogP contribution is -2.54. The summed E-state index contributed by atoms with van der Waals surface area (Å²) in [5, 5.41) is 8.83. The molecule has 2 aliphatic heterocycles. The molecular formula is C42H51F3N8O6. The zero-order valence-electron chi connectivity index (χ0n) is 33.3. The molecule has 14 nitrogen and oxygen atoms in total.